The van der Waals surface area contributed by atoms with Crippen LogP contribution in [0.25, 0.3) is 0 Å². The molecular formula is C16H17N5O2S2. The molecule has 130 valence electrons. The monoisotopic (exact) mass is 375 g/mol. The first-order valence-corrected chi connectivity index (χ1v) is 9.95. The number of amides is 2. The predicted octanol–water partition coefficient (Wildman–Crippen LogP) is 2.82. The lowest BCUT2D eigenvalue weighted by atomic mass is 10.1. The van der Waals surface area contributed by atoms with Gasteiger partial charge in [0, 0.05) is 12.1 Å². The number of hydrogen-bond acceptors (Lipinski definition) is 7. The third kappa shape index (κ3) is 3.09. The summed E-state index contributed by atoms with van der Waals surface area (Å²) in [6.07, 6.45) is 1.89. The molecule has 1 aromatic heterocycles. The number of benzene rings is 1. The minimum absolute atomic E-state index is 0.00733. The number of fused-ring (bicyclic) bond motifs is 3. The topological polar surface area (TPSA) is 87.2 Å². The summed E-state index contributed by atoms with van der Waals surface area (Å²) >= 11 is 2.94. The molecule has 1 aromatic carbocycles. The first kappa shape index (κ1) is 16.3. The van der Waals surface area contributed by atoms with Crippen molar-refractivity contribution in [2.75, 3.05) is 27.8 Å². The molecule has 9 heteroatoms. The predicted molar refractivity (Wildman–Crippen MR) is 99.7 cm³/mol. The maximum absolute atomic E-state index is 12.5. The van der Waals surface area contributed by atoms with Crippen LogP contribution in [0, 0.1) is 0 Å². The lowest BCUT2D eigenvalue weighted by Crippen LogP contribution is -2.43. The molecule has 7 nitrogen and oxygen atoms in total. The van der Waals surface area contributed by atoms with Crippen molar-refractivity contribution in [2.24, 2.45) is 0 Å². The molecule has 4 rings (SSSR count). The van der Waals surface area contributed by atoms with Crippen LogP contribution in [0.2, 0.25) is 0 Å². The molecular weight excluding hydrogens is 358 g/mol. The number of hydrogen-bond donors (Lipinski definition) is 2. The molecule has 0 radical (unpaired) electrons. The Labute approximate surface area is 153 Å². The van der Waals surface area contributed by atoms with Gasteiger partial charge in [-0.1, -0.05) is 30.0 Å². The van der Waals surface area contributed by atoms with Gasteiger partial charge in [-0.3, -0.25) is 14.9 Å². The van der Waals surface area contributed by atoms with Crippen molar-refractivity contribution < 1.29 is 9.59 Å². The molecule has 0 spiro atoms. The summed E-state index contributed by atoms with van der Waals surface area (Å²) in [5.74, 6) is 0.655. The second kappa shape index (κ2) is 6.64. The molecule has 2 aromatic rings. The van der Waals surface area contributed by atoms with E-state index in [1.807, 2.05) is 13.0 Å². The highest BCUT2D eigenvalue weighted by Gasteiger charge is 2.36. The number of nitrogens with one attached hydrogen (secondary N) is 2. The van der Waals surface area contributed by atoms with Gasteiger partial charge in [0.05, 0.1) is 11.4 Å². The Balaban J connectivity index is 1.54. The largest absolute Gasteiger partial charge is 0.358 e. The molecule has 0 aliphatic carbocycles. The summed E-state index contributed by atoms with van der Waals surface area (Å²) in [5.41, 5.74) is 2.16. The zero-order valence-electron chi connectivity index (χ0n) is 13.6. The maximum atomic E-state index is 12.5. The van der Waals surface area contributed by atoms with Crippen LogP contribution in [-0.2, 0) is 4.79 Å². The molecule has 1 atom stereocenters. The van der Waals surface area contributed by atoms with E-state index in [2.05, 4.69) is 25.7 Å². The molecule has 0 unspecified atom stereocenters. The van der Waals surface area contributed by atoms with Gasteiger partial charge < -0.3 is 10.2 Å². The van der Waals surface area contributed by atoms with E-state index in [4.69, 9.17) is 0 Å². The van der Waals surface area contributed by atoms with Gasteiger partial charge in [-0.15, -0.1) is 10.2 Å². The van der Waals surface area contributed by atoms with Crippen molar-refractivity contribution in [2.45, 2.75) is 30.1 Å². The van der Waals surface area contributed by atoms with E-state index < -0.39 is 0 Å². The summed E-state index contributed by atoms with van der Waals surface area (Å²) < 4.78 is 0.829. The van der Waals surface area contributed by atoms with E-state index in [0.29, 0.717) is 16.4 Å². The van der Waals surface area contributed by atoms with E-state index >= 15 is 0 Å². The molecule has 2 aliphatic heterocycles. The van der Waals surface area contributed by atoms with E-state index in [0.717, 1.165) is 35.2 Å². The average Bonchev–Trinajstić information content (AvgIpc) is 3.25. The second-order valence-electron chi connectivity index (χ2n) is 5.83. The summed E-state index contributed by atoms with van der Waals surface area (Å²) in [4.78, 5) is 26.8. The number of anilines is 3. The lowest BCUT2D eigenvalue weighted by Gasteiger charge is -2.33. The summed E-state index contributed by atoms with van der Waals surface area (Å²) in [6, 6.07) is 5.33. The van der Waals surface area contributed by atoms with Gasteiger partial charge in [0.2, 0.25) is 11.0 Å². The van der Waals surface area contributed by atoms with Crippen LogP contribution < -0.4 is 15.5 Å². The number of carbonyl (C=O) groups excluding carboxylic acids is 2. The van der Waals surface area contributed by atoms with E-state index in [1.54, 1.807) is 23.9 Å². The van der Waals surface area contributed by atoms with Crippen molar-refractivity contribution in [1.82, 2.24) is 10.2 Å². The highest BCUT2D eigenvalue weighted by molar-refractivity contribution is 8.01. The standard InChI is InChI=1S/C16H17N5O2S2/c1-2-24-16-20-19-15(25-16)18-13(22)9-5-6-11-10(8-9)17-14(23)12-4-3-7-21(11)12/h5-6,8,12H,2-4,7H2,1H3,(H,17,23)(H,18,19,22)/t12-/m0/s1. The van der Waals surface area contributed by atoms with E-state index in [1.165, 1.54) is 11.3 Å². The number of aromatic nitrogens is 2. The van der Waals surface area contributed by atoms with Gasteiger partial charge in [0.1, 0.15) is 6.04 Å². The molecule has 2 aliphatic rings. The zero-order chi connectivity index (χ0) is 17.4. The van der Waals surface area contributed by atoms with Crippen LogP contribution in [-0.4, -0.2) is 40.4 Å². The number of carbonyl (C=O) groups is 2. The van der Waals surface area contributed by atoms with Gasteiger partial charge in [0.15, 0.2) is 4.34 Å². The van der Waals surface area contributed by atoms with Crippen LogP contribution >= 0.6 is 23.1 Å². The van der Waals surface area contributed by atoms with Gasteiger partial charge >= 0.3 is 0 Å². The highest BCUT2D eigenvalue weighted by Crippen LogP contribution is 2.37. The van der Waals surface area contributed by atoms with Crippen molar-refractivity contribution in [3.8, 4) is 0 Å². The molecule has 2 amide bonds. The van der Waals surface area contributed by atoms with Crippen LogP contribution in [0.4, 0.5) is 16.5 Å². The molecule has 0 bridgehead atoms. The Hall–Kier alpha value is -2.13. The Morgan fingerprint density at radius 2 is 2.36 bits per heavy atom. The Kier molecular flexibility index (Phi) is 4.34. The number of rotatable bonds is 4. The minimum Gasteiger partial charge on any atom is -0.358 e. The average molecular weight is 375 g/mol. The van der Waals surface area contributed by atoms with Crippen molar-refractivity contribution in [3.63, 3.8) is 0 Å². The van der Waals surface area contributed by atoms with Gasteiger partial charge in [-0.25, -0.2) is 0 Å². The molecule has 1 saturated heterocycles. The third-order valence-electron chi connectivity index (χ3n) is 4.28. The fourth-order valence-electron chi connectivity index (χ4n) is 3.18. The van der Waals surface area contributed by atoms with E-state index in [9.17, 15) is 9.59 Å². The fourth-order valence-corrected chi connectivity index (χ4v) is 4.83. The summed E-state index contributed by atoms with van der Waals surface area (Å²) in [7, 11) is 0. The fraction of sp³-hybridized carbons (Fsp3) is 0.375. The SMILES string of the molecule is CCSc1nnc(NC(=O)c2ccc3c(c2)NC(=O)[C@@H]2CCCN32)s1. The lowest BCUT2D eigenvalue weighted by molar-refractivity contribution is -0.117. The number of thioether (sulfide) groups is 1. The normalized spacial score (nSPS) is 18.5. The van der Waals surface area contributed by atoms with Crippen molar-refractivity contribution in [1.29, 1.82) is 0 Å². The van der Waals surface area contributed by atoms with Crippen molar-refractivity contribution in [3.05, 3.63) is 23.8 Å². The Morgan fingerprint density at radius 1 is 1.48 bits per heavy atom. The molecule has 2 N–H and O–H groups in total. The van der Waals surface area contributed by atoms with Crippen LogP contribution in [0.1, 0.15) is 30.1 Å². The van der Waals surface area contributed by atoms with E-state index in [-0.39, 0.29) is 17.9 Å². The molecule has 1 fully saturated rings. The Bertz CT molecular complexity index is 838. The smallest absolute Gasteiger partial charge is 0.257 e. The maximum Gasteiger partial charge on any atom is 0.257 e. The molecule has 25 heavy (non-hydrogen) atoms. The van der Waals surface area contributed by atoms with Crippen LogP contribution in [0.15, 0.2) is 22.5 Å². The highest BCUT2D eigenvalue weighted by atomic mass is 32.2. The first-order chi connectivity index (χ1) is 12.2. The minimum atomic E-state index is -0.259. The van der Waals surface area contributed by atoms with Crippen LogP contribution in [0.5, 0.6) is 0 Å². The Morgan fingerprint density at radius 3 is 3.20 bits per heavy atom. The first-order valence-electron chi connectivity index (χ1n) is 8.15. The second-order valence-corrected chi connectivity index (χ2v) is 8.32. The third-order valence-corrected chi connectivity index (χ3v) is 6.13. The van der Waals surface area contributed by atoms with Crippen molar-refractivity contribution >= 4 is 51.4 Å². The molecule has 0 saturated carbocycles. The quantitative estimate of drug-likeness (QED) is 0.631. The summed E-state index contributed by atoms with van der Waals surface area (Å²) in [6.45, 7) is 2.91. The van der Waals surface area contributed by atoms with Gasteiger partial charge in [0.25, 0.3) is 5.91 Å². The molecule has 3 heterocycles. The van der Waals surface area contributed by atoms with Gasteiger partial charge in [-0.2, -0.15) is 0 Å². The van der Waals surface area contributed by atoms with Crippen LogP contribution in [0.3, 0.4) is 0 Å². The zero-order valence-corrected chi connectivity index (χ0v) is 15.2. The number of nitrogens with zero attached hydrogens (tertiary/aromatic N) is 3. The summed E-state index contributed by atoms with van der Waals surface area (Å²) in [5, 5.41) is 14.2. The van der Waals surface area contributed by atoms with Gasteiger partial charge in [-0.05, 0) is 36.8 Å².